The van der Waals surface area contributed by atoms with Crippen LogP contribution in [-0.4, -0.2) is 12.5 Å². The van der Waals surface area contributed by atoms with E-state index in [9.17, 15) is 4.79 Å². The number of carbonyl (C=O) groups is 1. The first-order valence-corrected chi connectivity index (χ1v) is 6.50. The molecule has 0 spiro atoms. The van der Waals surface area contributed by atoms with E-state index >= 15 is 0 Å². The summed E-state index contributed by atoms with van der Waals surface area (Å²) in [7, 11) is 0. The van der Waals surface area contributed by atoms with Crippen molar-refractivity contribution in [3.63, 3.8) is 0 Å². The van der Waals surface area contributed by atoms with Crippen molar-refractivity contribution in [2.75, 3.05) is 11.9 Å². The average Bonchev–Trinajstić information content (AvgIpc) is 2.23. The van der Waals surface area contributed by atoms with Gasteiger partial charge in [-0.25, -0.2) is 0 Å². The Morgan fingerprint density at radius 3 is 2.76 bits per heavy atom. The molecule has 17 heavy (non-hydrogen) atoms. The molecular formula is C12H16BrClN2O. The topological polar surface area (TPSA) is 55.1 Å². The largest absolute Gasteiger partial charge is 0.330 e. The summed E-state index contributed by atoms with van der Waals surface area (Å²) in [6.45, 7) is 4.22. The number of halogens is 2. The maximum absolute atomic E-state index is 12.1. The quantitative estimate of drug-likeness (QED) is 0.893. The molecular weight excluding hydrogens is 304 g/mol. The lowest BCUT2D eigenvalue weighted by Gasteiger charge is -2.23. The van der Waals surface area contributed by atoms with Crippen LogP contribution in [0.4, 0.5) is 5.69 Å². The smallest absolute Gasteiger partial charge is 0.230 e. The fourth-order valence-corrected chi connectivity index (χ4v) is 1.88. The van der Waals surface area contributed by atoms with Crippen molar-refractivity contribution in [2.45, 2.75) is 20.3 Å². The van der Waals surface area contributed by atoms with Gasteiger partial charge in [0, 0.05) is 14.9 Å². The van der Waals surface area contributed by atoms with Crippen molar-refractivity contribution in [2.24, 2.45) is 11.1 Å². The summed E-state index contributed by atoms with van der Waals surface area (Å²) < 4.78 is 0.804. The molecule has 1 aromatic carbocycles. The third kappa shape index (κ3) is 3.98. The van der Waals surface area contributed by atoms with Gasteiger partial charge < -0.3 is 11.1 Å². The highest BCUT2D eigenvalue weighted by atomic mass is 79.9. The highest BCUT2D eigenvalue weighted by molar-refractivity contribution is 9.10. The fraction of sp³-hybridized carbons (Fsp3) is 0.417. The van der Waals surface area contributed by atoms with Gasteiger partial charge in [0.15, 0.2) is 0 Å². The van der Waals surface area contributed by atoms with Crippen LogP contribution in [0.2, 0.25) is 5.02 Å². The molecule has 1 amide bonds. The van der Waals surface area contributed by atoms with E-state index in [4.69, 9.17) is 17.3 Å². The summed E-state index contributed by atoms with van der Waals surface area (Å²) in [5.41, 5.74) is 5.67. The predicted molar refractivity (Wildman–Crippen MR) is 75.2 cm³/mol. The van der Waals surface area contributed by atoms with E-state index in [0.29, 0.717) is 23.7 Å². The second-order valence-electron chi connectivity index (χ2n) is 4.50. The zero-order chi connectivity index (χ0) is 13.1. The zero-order valence-electron chi connectivity index (χ0n) is 9.89. The molecule has 0 saturated carbocycles. The summed E-state index contributed by atoms with van der Waals surface area (Å²) in [4.78, 5) is 12.1. The van der Waals surface area contributed by atoms with E-state index in [1.807, 2.05) is 13.8 Å². The standard InChI is InChI=1S/C12H16BrClN2O/c1-12(2,5-6-15)11(17)16-10-7-8(14)3-4-9(10)13/h3-4,7H,5-6,15H2,1-2H3,(H,16,17). The Bertz CT molecular complexity index is 421. The number of amides is 1. The molecule has 5 heteroatoms. The van der Waals surface area contributed by atoms with Gasteiger partial charge >= 0.3 is 0 Å². The van der Waals surface area contributed by atoms with Crippen LogP contribution < -0.4 is 11.1 Å². The van der Waals surface area contributed by atoms with Crippen molar-refractivity contribution in [1.29, 1.82) is 0 Å². The van der Waals surface area contributed by atoms with Crippen LogP contribution in [0, 0.1) is 5.41 Å². The Morgan fingerprint density at radius 1 is 1.53 bits per heavy atom. The summed E-state index contributed by atoms with van der Waals surface area (Å²) in [6.07, 6.45) is 0.636. The number of carbonyl (C=O) groups excluding carboxylic acids is 1. The molecule has 0 heterocycles. The highest BCUT2D eigenvalue weighted by Gasteiger charge is 2.27. The van der Waals surface area contributed by atoms with Crippen molar-refractivity contribution in [3.8, 4) is 0 Å². The molecule has 0 fully saturated rings. The number of nitrogens with one attached hydrogen (secondary N) is 1. The van der Waals surface area contributed by atoms with Gasteiger partial charge in [-0.3, -0.25) is 4.79 Å². The zero-order valence-corrected chi connectivity index (χ0v) is 12.2. The van der Waals surface area contributed by atoms with Gasteiger partial charge in [0.25, 0.3) is 0 Å². The SMILES string of the molecule is CC(C)(CCN)C(=O)Nc1cc(Cl)ccc1Br. The number of rotatable bonds is 4. The molecule has 1 rings (SSSR count). The van der Waals surface area contributed by atoms with Gasteiger partial charge in [0.05, 0.1) is 5.69 Å². The third-order valence-corrected chi connectivity index (χ3v) is 3.49. The molecule has 0 aliphatic heterocycles. The molecule has 3 N–H and O–H groups in total. The fourth-order valence-electron chi connectivity index (χ4n) is 1.36. The second kappa shape index (κ2) is 5.85. The van der Waals surface area contributed by atoms with E-state index < -0.39 is 5.41 Å². The molecule has 0 bridgehead atoms. The molecule has 0 aliphatic rings. The maximum Gasteiger partial charge on any atom is 0.230 e. The van der Waals surface area contributed by atoms with Gasteiger partial charge in [-0.1, -0.05) is 25.4 Å². The predicted octanol–water partition coefficient (Wildman–Crippen LogP) is 3.42. The Kier molecular flexibility index (Phi) is 4.98. The van der Waals surface area contributed by atoms with E-state index in [0.717, 1.165) is 4.47 Å². The molecule has 0 unspecified atom stereocenters. The van der Waals surface area contributed by atoms with E-state index in [2.05, 4.69) is 21.2 Å². The Hall–Kier alpha value is -0.580. The van der Waals surface area contributed by atoms with Crippen molar-refractivity contribution >= 4 is 39.1 Å². The monoisotopic (exact) mass is 318 g/mol. The van der Waals surface area contributed by atoms with Gasteiger partial charge in [0.2, 0.25) is 5.91 Å². The maximum atomic E-state index is 12.1. The summed E-state index contributed by atoms with van der Waals surface area (Å²) in [5.74, 6) is -0.0640. The summed E-state index contributed by atoms with van der Waals surface area (Å²) >= 11 is 9.25. The molecule has 0 atom stereocenters. The molecule has 0 aromatic heterocycles. The van der Waals surface area contributed by atoms with Gasteiger partial charge in [-0.05, 0) is 47.1 Å². The first kappa shape index (κ1) is 14.5. The van der Waals surface area contributed by atoms with Crippen LogP contribution in [0.5, 0.6) is 0 Å². The minimum Gasteiger partial charge on any atom is -0.330 e. The number of hydrogen-bond acceptors (Lipinski definition) is 2. The van der Waals surface area contributed by atoms with Crippen molar-refractivity contribution in [1.82, 2.24) is 0 Å². The van der Waals surface area contributed by atoms with E-state index in [1.54, 1.807) is 18.2 Å². The summed E-state index contributed by atoms with van der Waals surface area (Å²) in [6, 6.07) is 5.27. The minimum atomic E-state index is -0.490. The van der Waals surface area contributed by atoms with Crippen LogP contribution in [0.15, 0.2) is 22.7 Å². The molecule has 94 valence electrons. The number of anilines is 1. The first-order valence-electron chi connectivity index (χ1n) is 5.33. The van der Waals surface area contributed by atoms with E-state index in [1.165, 1.54) is 0 Å². The first-order chi connectivity index (χ1) is 7.86. The molecule has 1 aromatic rings. The average molecular weight is 320 g/mol. The van der Waals surface area contributed by atoms with Crippen molar-refractivity contribution < 1.29 is 4.79 Å². The molecule has 3 nitrogen and oxygen atoms in total. The summed E-state index contributed by atoms with van der Waals surface area (Å²) in [5, 5.41) is 3.43. The van der Waals surface area contributed by atoms with Crippen LogP contribution in [0.25, 0.3) is 0 Å². The van der Waals surface area contributed by atoms with Crippen LogP contribution >= 0.6 is 27.5 Å². The number of benzene rings is 1. The lowest BCUT2D eigenvalue weighted by atomic mass is 9.88. The molecule has 0 saturated heterocycles. The Labute approximate surface area is 115 Å². The van der Waals surface area contributed by atoms with E-state index in [-0.39, 0.29) is 5.91 Å². The van der Waals surface area contributed by atoms with Crippen LogP contribution in [-0.2, 0) is 4.79 Å². The highest BCUT2D eigenvalue weighted by Crippen LogP contribution is 2.28. The van der Waals surface area contributed by atoms with Crippen LogP contribution in [0.3, 0.4) is 0 Å². The lowest BCUT2D eigenvalue weighted by Crippen LogP contribution is -2.32. The van der Waals surface area contributed by atoms with Crippen LogP contribution in [0.1, 0.15) is 20.3 Å². The normalized spacial score (nSPS) is 11.4. The third-order valence-electron chi connectivity index (χ3n) is 2.56. The number of nitrogens with two attached hydrogens (primary N) is 1. The van der Waals surface area contributed by atoms with Gasteiger partial charge in [0.1, 0.15) is 0 Å². The van der Waals surface area contributed by atoms with Crippen molar-refractivity contribution in [3.05, 3.63) is 27.7 Å². The minimum absolute atomic E-state index is 0.0640. The van der Waals surface area contributed by atoms with Gasteiger partial charge in [-0.15, -0.1) is 0 Å². The van der Waals surface area contributed by atoms with Gasteiger partial charge in [-0.2, -0.15) is 0 Å². The Balaban J connectivity index is 2.84. The second-order valence-corrected chi connectivity index (χ2v) is 5.79. The Morgan fingerprint density at radius 2 is 2.18 bits per heavy atom. The lowest BCUT2D eigenvalue weighted by molar-refractivity contribution is -0.124. The number of hydrogen-bond donors (Lipinski definition) is 2. The molecule has 0 aliphatic carbocycles. The molecule has 0 radical (unpaired) electrons.